The van der Waals surface area contributed by atoms with Crippen molar-refractivity contribution in [1.82, 2.24) is 9.80 Å². The summed E-state index contributed by atoms with van der Waals surface area (Å²) in [7, 11) is 0. The molecule has 2 aliphatic rings. The van der Waals surface area contributed by atoms with Crippen molar-refractivity contribution in [2.75, 3.05) is 32.8 Å². The van der Waals surface area contributed by atoms with E-state index in [2.05, 4.69) is 21.9 Å². The molecule has 2 saturated heterocycles. The molecular weight excluding hydrogens is 347 g/mol. The van der Waals surface area contributed by atoms with Crippen molar-refractivity contribution in [2.45, 2.75) is 38.5 Å². The minimum Gasteiger partial charge on any atom is -0.373 e. The van der Waals surface area contributed by atoms with Crippen LogP contribution in [0.15, 0.2) is 36.4 Å². The van der Waals surface area contributed by atoms with E-state index in [4.69, 9.17) is 4.74 Å². The van der Waals surface area contributed by atoms with E-state index in [1.165, 1.54) is 35.1 Å². The fraction of sp³-hybridized carbons (Fsp3) is 0.524. The second kappa shape index (κ2) is 8.61. The van der Waals surface area contributed by atoms with E-state index >= 15 is 0 Å². The molecule has 0 radical (unpaired) electrons. The van der Waals surface area contributed by atoms with Crippen LogP contribution in [-0.4, -0.2) is 42.6 Å². The van der Waals surface area contributed by atoms with Gasteiger partial charge in [-0.2, -0.15) is 0 Å². The monoisotopic (exact) mass is 374 g/mol. The molecule has 26 heavy (non-hydrogen) atoms. The predicted octanol–water partition coefficient (Wildman–Crippen LogP) is 4.45. The first-order chi connectivity index (χ1) is 12.8. The molecule has 0 bridgehead atoms. The number of halogens is 1. The number of rotatable bonds is 5. The summed E-state index contributed by atoms with van der Waals surface area (Å²) in [6.07, 6.45) is 3.98. The van der Waals surface area contributed by atoms with Gasteiger partial charge in [0.25, 0.3) is 0 Å². The maximum atomic E-state index is 13.3. The third kappa shape index (κ3) is 4.71. The van der Waals surface area contributed by atoms with Crippen molar-refractivity contribution >= 4 is 11.3 Å². The minimum atomic E-state index is -0.142. The predicted molar refractivity (Wildman–Crippen MR) is 104 cm³/mol. The highest BCUT2D eigenvalue weighted by molar-refractivity contribution is 7.12. The van der Waals surface area contributed by atoms with E-state index in [9.17, 15) is 4.39 Å². The van der Waals surface area contributed by atoms with Gasteiger partial charge in [0.05, 0.1) is 6.10 Å². The van der Waals surface area contributed by atoms with E-state index in [-0.39, 0.29) is 5.82 Å². The molecule has 0 spiro atoms. The van der Waals surface area contributed by atoms with Crippen LogP contribution < -0.4 is 0 Å². The summed E-state index contributed by atoms with van der Waals surface area (Å²) in [5.74, 6) is -0.142. The van der Waals surface area contributed by atoms with Gasteiger partial charge in [0.15, 0.2) is 0 Å². The minimum absolute atomic E-state index is 0.142. The maximum Gasteiger partial charge on any atom is 0.123 e. The van der Waals surface area contributed by atoms with E-state index in [0.29, 0.717) is 6.10 Å². The first kappa shape index (κ1) is 18.1. The first-order valence-corrected chi connectivity index (χ1v) is 10.5. The van der Waals surface area contributed by atoms with Crippen LogP contribution in [0.2, 0.25) is 0 Å². The number of benzene rings is 1. The molecule has 3 heterocycles. The molecule has 0 amide bonds. The molecule has 2 aromatic rings. The highest BCUT2D eigenvalue weighted by atomic mass is 32.1. The molecule has 1 aromatic heterocycles. The number of ether oxygens (including phenoxy) is 1. The summed E-state index contributed by atoms with van der Waals surface area (Å²) in [6, 6.07) is 11.5. The summed E-state index contributed by atoms with van der Waals surface area (Å²) in [6.45, 7) is 7.01. The van der Waals surface area contributed by atoms with Crippen LogP contribution in [0, 0.1) is 5.82 Å². The molecule has 1 atom stereocenters. The average molecular weight is 375 g/mol. The van der Waals surface area contributed by atoms with Gasteiger partial charge in [-0.05, 0) is 49.1 Å². The summed E-state index contributed by atoms with van der Waals surface area (Å²) in [5, 5.41) is 0. The molecule has 0 aliphatic carbocycles. The molecule has 2 fully saturated rings. The SMILES string of the molecule is Fc1cccc(CN2CCN(Cc3ccc(C4CCCCO4)s3)CC2)c1. The molecule has 3 nitrogen and oxygen atoms in total. The Morgan fingerprint density at radius 1 is 1.00 bits per heavy atom. The first-order valence-electron chi connectivity index (χ1n) is 9.66. The van der Waals surface area contributed by atoms with Crippen molar-refractivity contribution in [3.63, 3.8) is 0 Å². The van der Waals surface area contributed by atoms with Crippen LogP contribution in [0.25, 0.3) is 0 Å². The number of thiophene rings is 1. The van der Waals surface area contributed by atoms with Crippen molar-refractivity contribution in [1.29, 1.82) is 0 Å². The van der Waals surface area contributed by atoms with Gasteiger partial charge >= 0.3 is 0 Å². The van der Waals surface area contributed by atoms with Gasteiger partial charge in [-0.3, -0.25) is 9.80 Å². The topological polar surface area (TPSA) is 15.7 Å². The standard InChI is InChI=1S/C21H27FN2OS/c22-18-5-3-4-17(14-18)15-23-9-11-24(12-10-23)16-19-7-8-21(26-19)20-6-1-2-13-25-20/h3-5,7-8,14,20H,1-2,6,9-13,15-16H2. The van der Waals surface area contributed by atoms with Crippen LogP contribution in [0.3, 0.4) is 0 Å². The highest BCUT2D eigenvalue weighted by Gasteiger charge is 2.20. The number of hydrogen-bond donors (Lipinski definition) is 0. The number of piperazine rings is 1. The summed E-state index contributed by atoms with van der Waals surface area (Å²) in [4.78, 5) is 7.78. The largest absolute Gasteiger partial charge is 0.373 e. The van der Waals surface area contributed by atoms with Crippen molar-refractivity contribution < 1.29 is 9.13 Å². The second-order valence-corrected chi connectivity index (χ2v) is 8.54. The van der Waals surface area contributed by atoms with E-state index in [1.54, 1.807) is 12.1 Å². The van der Waals surface area contributed by atoms with Gasteiger partial charge in [-0.15, -0.1) is 11.3 Å². The van der Waals surface area contributed by atoms with Gasteiger partial charge < -0.3 is 4.74 Å². The van der Waals surface area contributed by atoms with Crippen LogP contribution in [0.1, 0.15) is 40.7 Å². The molecule has 0 saturated carbocycles. The average Bonchev–Trinajstić information content (AvgIpc) is 3.13. The summed E-state index contributed by atoms with van der Waals surface area (Å²) >= 11 is 1.92. The van der Waals surface area contributed by atoms with Crippen molar-refractivity contribution in [2.24, 2.45) is 0 Å². The Morgan fingerprint density at radius 2 is 1.81 bits per heavy atom. The quantitative estimate of drug-likeness (QED) is 0.769. The molecule has 2 aliphatic heterocycles. The van der Waals surface area contributed by atoms with Gasteiger partial charge in [0, 0.05) is 55.6 Å². The zero-order valence-electron chi connectivity index (χ0n) is 15.2. The zero-order chi connectivity index (χ0) is 17.8. The molecule has 0 N–H and O–H groups in total. The lowest BCUT2D eigenvalue weighted by Gasteiger charge is -2.34. The Hall–Kier alpha value is -1.27. The fourth-order valence-corrected chi connectivity index (χ4v) is 4.98. The van der Waals surface area contributed by atoms with E-state index < -0.39 is 0 Å². The number of hydrogen-bond acceptors (Lipinski definition) is 4. The van der Waals surface area contributed by atoms with Crippen molar-refractivity contribution in [3.05, 3.63) is 57.5 Å². The van der Waals surface area contributed by atoms with E-state index in [0.717, 1.165) is 51.4 Å². The van der Waals surface area contributed by atoms with Gasteiger partial charge in [0.1, 0.15) is 5.82 Å². The van der Waals surface area contributed by atoms with Crippen LogP contribution in [0.4, 0.5) is 4.39 Å². The Bertz CT molecular complexity index is 706. The normalized spacial score (nSPS) is 22.6. The highest BCUT2D eigenvalue weighted by Crippen LogP contribution is 2.33. The lowest BCUT2D eigenvalue weighted by atomic mass is 10.1. The Labute approximate surface area is 159 Å². The van der Waals surface area contributed by atoms with Crippen LogP contribution in [0.5, 0.6) is 0 Å². The van der Waals surface area contributed by atoms with Gasteiger partial charge in [-0.1, -0.05) is 12.1 Å². The Balaban J connectivity index is 1.25. The molecule has 5 heteroatoms. The second-order valence-electron chi connectivity index (χ2n) is 7.34. The smallest absolute Gasteiger partial charge is 0.123 e. The third-order valence-corrected chi connectivity index (χ3v) is 6.48. The summed E-state index contributed by atoms with van der Waals surface area (Å²) < 4.78 is 19.2. The molecule has 140 valence electrons. The zero-order valence-corrected chi connectivity index (χ0v) is 16.0. The van der Waals surface area contributed by atoms with Gasteiger partial charge in [0.2, 0.25) is 0 Å². The Kier molecular flexibility index (Phi) is 6.00. The lowest BCUT2D eigenvalue weighted by Crippen LogP contribution is -2.45. The molecule has 1 unspecified atom stereocenters. The summed E-state index contributed by atoms with van der Waals surface area (Å²) in [5.41, 5.74) is 1.06. The van der Waals surface area contributed by atoms with Gasteiger partial charge in [-0.25, -0.2) is 4.39 Å². The fourth-order valence-electron chi connectivity index (χ4n) is 3.84. The van der Waals surface area contributed by atoms with Crippen molar-refractivity contribution in [3.8, 4) is 0 Å². The third-order valence-electron chi connectivity index (χ3n) is 5.32. The maximum absolute atomic E-state index is 13.3. The Morgan fingerprint density at radius 3 is 2.54 bits per heavy atom. The van der Waals surface area contributed by atoms with Crippen LogP contribution in [-0.2, 0) is 17.8 Å². The number of nitrogens with zero attached hydrogens (tertiary/aromatic N) is 2. The van der Waals surface area contributed by atoms with Crippen LogP contribution >= 0.6 is 11.3 Å². The lowest BCUT2D eigenvalue weighted by molar-refractivity contribution is 0.0172. The molecular formula is C21H27FN2OS. The van der Waals surface area contributed by atoms with E-state index in [1.807, 2.05) is 17.4 Å². The molecule has 1 aromatic carbocycles. The molecule has 4 rings (SSSR count).